The van der Waals surface area contributed by atoms with Crippen LogP contribution in [0.3, 0.4) is 0 Å². The number of carbonyl (C=O) groups is 2. The zero-order valence-corrected chi connectivity index (χ0v) is 12.0. The molecule has 0 aromatic heterocycles. The van der Waals surface area contributed by atoms with Gasteiger partial charge in [-0.25, -0.2) is 4.79 Å². The van der Waals surface area contributed by atoms with Crippen molar-refractivity contribution >= 4 is 12.1 Å². The van der Waals surface area contributed by atoms with Crippen LogP contribution in [0.2, 0.25) is 0 Å². The Labute approximate surface area is 123 Å². The maximum Gasteiger partial charge on any atom is 0.410 e. The van der Waals surface area contributed by atoms with Gasteiger partial charge in [0.1, 0.15) is 6.61 Å². The third-order valence-corrected chi connectivity index (χ3v) is 3.63. The van der Waals surface area contributed by atoms with E-state index < -0.39 is 12.0 Å². The molecule has 1 aromatic carbocycles. The van der Waals surface area contributed by atoms with Crippen molar-refractivity contribution in [3.63, 3.8) is 0 Å². The second-order valence-corrected chi connectivity index (χ2v) is 5.07. The number of amides is 1. The van der Waals surface area contributed by atoms with Crippen molar-refractivity contribution in [3.05, 3.63) is 35.9 Å². The van der Waals surface area contributed by atoms with Crippen LogP contribution in [0, 0.1) is 5.92 Å². The van der Waals surface area contributed by atoms with Crippen LogP contribution in [-0.2, 0) is 20.9 Å². The second-order valence-electron chi connectivity index (χ2n) is 5.07. The molecule has 1 aliphatic rings. The van der Waals surface area contributed by atoms with Crippen molar-refractivity contribution in [1.29, 1.82) is 0 Å². The summed E-state index contributed by atoms with van der Waals surface area (Å²) in [5.74, 6) is -0.879. The first-order chi connectivity index (χ1) is 10.1. The Morgan fingerprint density at radius 2 is 2.05 bits per heavy atom. The lowest BCUT2D eigenvalue weighted by atomic mass is 9.93. The molecule has 1 aromatic rings. The largest absolute Gasteiger partial charge is 0.469 e. The van der Waals surface area contributed by atoms with E-state index in [9.17, 15) is 9.59 Å². The van der Waals surface area contributed by atoms with E-state index in [-0.39, 0.29) is 25.2 Å². The van der Waals surface area contributed by atoms with E-state index in [2.05, 4.69) is 0 Å². The van der Waals surface area contributed by atoms with E-state index in [1.165, 1.54) is 12.0 Å². The lowest BCUT2D eigenvalue weighted by Crippen LogP contribution is -2.52. The minimum Gasteiger partial charge on any atom is -0.469 e. The van der Waals surface area contributed by atoms with Crippen molar-refractivity contribution in [3.8, 4) is 0 Å². The number of hydrogen-bond acceptors (Lipinski definition) is 5. The number of methoxy groups -OCH3 is 1. The topological polar surface area (TPSA) is 81.9 Å². The van der Waals surface area contributed by atoms with Gasteiger partial charge in [-0.3, -0.25) is 4.79 Å². The van der Waals surface area contributed by atoms with Gasteiger partial charge in [0.15, 0.2) is 0 Å². The predicted molar refractivity (Wildman–Crippen MR) is 76.3 cm³/mol. The number of nitrogens with two attached hydrogens (primary N) is 1. The molecule has 114 valence electrons. The number of likely N-dealkylation sites (tertiary alicyclic amines) is 1. The molecular formula is C15H20N2O4. The fraction of sp³-hybridized carbons (Fsp3) is 0.467. The molecule has 0 aliphatic carbocycles. The number of hydrogen-bond donors (Lipinski definition) is 1. The quantitative estimate of drug-likeness (QED) is 0.845. The van der Waals surface area contributed by atoms with Crippen LogP contribution >= 0.6 is 0 Å². The molecule has 1 aliphatic heterocycles. The van der Waals surface area contributed by atoms with Gasteiger partial charge in [0.25, 0.3) is 0 Å². The van der Waals surface area contributed by atoms with Crippen LogP contribution in [0.25, 0.3) is 0 Å². The Bertz CT molecular complexity index is 492. The minimum absolute atomic E-state index is 0.213. The van der Waals surface area contributed by atoms with Crippen molar-refractivity contribution in [2.45, 2.75) is 19.1 Å². The molecule has 2 atom stereocenters. The average molecular weight is 292 g/mol. The SMILES string of the molecule is COC(=O)[C@@H]1CN(C(=O)OCc2ccccc2)CC[C@H]1N. The van der Waals surface area contributed by atoms with Crippen LogP contribution in [0.5, 0.6) is 0 Å². The molecule has 0 saturated carbocycles. The second kappa shape index (κ2) is 7.08. The number of ether oxygens (including phenoxy) is 2. The molecule has 1 saturated heterocycles. The Morgan fingerprint density at radius 1 is 1.33 bits per heavy atom. The number of esters is 1. The van der Waals surface area contributed by atoms with Gasteiger partial charge >= 0.3 is 12.1 Å². The highest BCUT2D eigenvalue weighted by Crippen LogP contribution is 2.18. The summed E-state index contributed by atoms with van der Waals surface area (Å²) < 4.78 is 9.98. The number of rotatable bonds is 3. The zero-order valence-electron chi connectivity index (χ0n) is 12.0. The van der Waals surface area contributed by atoms with Crippen LogP contribution in [0.15, 0.2) is 30.3 Å². The molecule has 2 N–H and O–H groups in total. The molecule has 2 rings (SSSR count). The van der Waals surface area contributed by atoms with E-state index >= 15 is 0 Å². The van der Waals surface area contributed by atoms with Crippen LogP contribution in [0.1, 0.15) is 12.0 Å². The van der Waals surface area contributed by atoms with Gasteiger partial charge in [0.05, 0.1) is 13.0 Å². The van der Waals surface area contributed by atoms with E-state index in [1.54, 1.807) is 0 Å². The first-order valence-corrected chi connectivity index (χ1v) is 6.91. The first-order valence-electron chi connectivity index (χ1n) is 6.91. The van der Waals surface area contributed by atoms with Gasteiger partial charge in [-0.1, -0.05) is 30.3 Å². The molecule has 0 radical (unpaired) electrons. The Morgan fingerprint density at radius 3 is 2.71 bits per heavy atom. The van der Waals surface area contributed by atoms with E-state index in [0.29, 0.717) is 13.0 Å². The molecular weight excluding hydrogens is 272 g/mol. The third kappa shape index (κ3) is 3.95. The van der Waals surface area contributed by atoms with Crippen molar-refractivity contribution < 1.29 is 19.1 Å². The summed E-state index contributed by atoms with van der Waals surface area (Å²) in [4.78, 5) is 25.2. The summed E-state index contributed by atoms with van der Waals surface area (Å²) in [7, 11) is 1.32. The van der Waals surface area contributed by atoms with E-state index in [1.807, 2.05) is 30.3 Å². The van der Waals surface area contributed by atoms with Crippen molar-refractivity contribution in [1.82, 2.24) is 4.90 Å². The maximum absolute atomic E-state index is 12.0. The van der Waals surface area contributed by atoms with Gasteiger partial charge in [-0.2, -0.15) is 0 Å². The Kier molecular flexibility index (Phi) is 5.16. The van der Waals surface area contributed by atoms with Crippen LogP contribution in [0.4, 0.5) is 4.79 Å². The molecule has 6 nitrogen and oxygen atoms in total. The summed E-state index contributed by atoms with van der Waals surface area (Å²) in [5.41, 5.74) is 6.82. The monoisotopic (exact) mass is 292 g/mol. The number of carbonyl (C=O) groups excluding carboxylic acids is 2. The summed E-state index contributed by atoms with van der Waals surface area (Å²) in [5, 5.41) is 0. The van der Waals surface area contributed by atoms with Gasteiger partial charge in [0.2, 0.25) is 0 Å². The molecule has 0 spiro atoms. The van der Waals surface area contributed by atoms with Crippen LogP contribution < -0.4 is 5.73 Å². The molecule has 0 unspecified atom stereocenters. The normalized spacial score (nSPS) is 21.7. The standard InChI is InChI=1S/C15H20N2O4/c1-20-14(18)12-9-17(8-7-13(12)16)15(19)21-10-11-5-3-2-4-6-11/h2-6,12-13H,7-10,16H2,1H3/t12-,13-/m1/s1. The molecule has 6 heteroatoms. The number of piperidine rings is 1. The fourth-order valence-electron chi connectivity index (χ4n) is 2.35. The van der Waals surface area contributed by atoms with Gasteiger partial charge < -0.3 is 20.1 Å². The Balaban J connectivity index is 1.89. The third-order valence-electron chi connectivity index (χ3n) is 3.63. The summed E-state index contributed by atoms with van der Waals surface area (Å²) in [6, 6.07) is 9.16. The summed E-state index contributed by atoms with van der Waals surface area (Å²) >= 11 is 0. The number of nitrogens with zero attached hydrogens (tertiary/aromatic N) is 1. The van der Waals surface area contributed by atoms with Crippen molar-refractivity contribution in [2.24, 2.45) is 11.7 Å². The zero-order chi connectivity index (χ0) is 15.2. The molecule has 1 fully saturated rings. The fourth-order valence-corrected chi connectivity index (χ4v) is 2.35. The van der Waals surface area contributed by atoms with E-state index in [0.717, 1.165) is 5.56 Å². The van der Waals surface area contributed by atoms with Gasteiger partial charge in [-0.15, -0.1) is 0 Å². The van der Waals surface area contributed by atoms with Gasteiger partial charge in [0, 0.05) is 19.1 Å². The summed E-state index contributed by atoms with van der Waals surface area (Å²) in [6.45, 7) is 0.939. The Hall–Kier alpha value is -2.08. The highest BCUT2D eigenvalue weighted by atomic mass is 16.6. The molecule has 1 heterocycles. The first kappa shape index (κ1) is 15.3. The average Bonchev–Trinajstić information content (AvgIpc) is 2.53. The minimum atomic E-state index is -0.493. The maximum atomic E-state index is 12.0. The van der Waals surface area contributed by atoms with E-state index in [4.69, 9.17) is 15.2 Å². The summed E-state index contributed by atoms with van der Waals surface area (Å²) in [6.07, 6.45) is 0.125. The lowest BCUT2D eigenvalue weighted by molar-refractivity contribution is -0.147. The lowest BCUT2D eigenvalue weighted by Gasteiger charge is -2.34. The highest BCUT2D eigenvalue weighted by molar-refractivity contribution is 5.75. The molecule has 21 heavy (non-hydrogen) atoms. The highest BCUT2D eigenvalue weighted by Gasteiger charge is 2.35. The van der Waals surface area contributed by atoms with Gasteiger partial charge in [-0.05, 0) is 12.0 Å². The van der Waals surface area contributed by atoms with Crippen molar-refractivity contribution in [2.75, 3.05) is 20.2 Å². The molecule has 1 amide bonds. The molecule has 0 bridgehead atoms. The predicted octanol–water partition coefficient (Wildman–Crippen LogP) is 1.15. The number of benzene rings is 1. The van der Waals surface area contributed by atoms with Crippen LogP contribution in [-0.4, -0.2) is 43.2 Å². The smallest absolute Gasteiger partial charge is 0.410 e.